The second-order valence-electron chi connectivity index (χ2n) is 5.48. The number of carboxylic acid groups (broad SMARTS) is 1. The lowest BCUT2D eigenvalue weighted by atomic mass is 10.1. The average molecular weight is 355 g/mol. The molecule has 0 bridgehead atoms. The zero-order chi connectivity index (χ0) is 15.4. The lowest BCUT2D eigenvalue weighted by Gasteiger charge is -2.23. The van der Waals surface area contributed by atoms with Crippen molar-refractivity contribution in [3.05, 3.63) is 34.3 Å². The molecule has 2 amide bonds. The van der Waals surface area contributed by atoms with Crippen LogP contribution in [-0.2, 0) is 11.3 Å². The van der Waals surface area contributed by atoms with E-state index in [0.717, 1.165) is 22.9 Å². The summed E-state index contributed by atoms with van der Waals surface area (Å²) in [4.78, 5) is 24.6. The zero-order valence-electron chi connectivity index (χ0n) is 11.9. The maximum Gasteiger partial charge on any atom is 0.317 e. The van der Waals surface area contributed by atoms with Gasteiger partial charge in [-0.1, -0.05) is 28.1 Å². The van der Waals surface area contributed by atoms with Crippen molar-refractivity contribution in [1.29, 1.82) is 0 Å². The normalized spacial score (nSPS) is 15.3. The number of hydrogen-bond acceptors (Lipinski definition) is 2. The summed E-state index contributed by atoms with van der Waals surface area (Å²) in [5.74, 6) is -0.564. The van der Waals surface area contributed by atoms with Gasteiger partial charge in [0, 0.05) is 24.1 Å². The zero-order valence-corrected chi connectivity index (χ0v) is 13.5. The molecule has 0 radical (unpaired) electrons. The Kier molecular flexibility index (Phi) is 5.22. The molecule has 1 aromatic carbocycles. The molecule has 1 fully saturated rings. The summed E-state index contributed by atoms with van der Waals surface area (Å²) in [7, 11) is 1.71. The first-order chi connectivity index (χ1) is 9.95. The fraction of sp³-hybridized carbons (Fsp3) is 0.467. The molecule has 2 N–H and O–H groups in total. The van der Waals surface area contributed by atoms with Gasteiger partial charge >= 0.3 is 12.0 Å². The maximum absolute atomic E-state index is 12.2. The first kappa shape index (κ1) is 15.8. The summed E-state index contributed by atoms with van der Waals surface area (Å²) in [5.41, 5.74) is 1.02. The number of carbonyl (C=O) groups excluding carboxylic acids is 1. The van der Waals surface area contributed by atoms with Crippen molar-refractivity contribution < 1.29 is 14.7 Å². The van der Waals surface area contributed by atoms with E-state index >= 15 is 0 Å². The minimum Gasteiger partial charge on any atom is -0.481 e. The molecule has 0 aliphatic heterocycles. The van der Waals surface area contributed by atoms with E-state index in [0.29, 0.717) is 12.5 Å². The lowest BCUT2D eigenvalue weighted by molar-refractivity contribution is -0.137. The van der Waals surface area contributed by atoms with E-state index < -0.39 is 5.97 Å². The molecule has 21 heavy (non-hydrogen) atoms. The van der Waals surface area contributed by atoms with Crippen LogP contribution in [0.25, 0.3) is 0 Å². The van der Waals surface area contributed by atoms with Gasteiger partial charge in [-0.2, -0.15) is 0 Å². The first-order valence-electron chi connectivity index (χ1n) is 6.93. The molecular formula is C15H19BrN2O3. The number of urea groups is 1. The third-order valence-corrected chi connectivity index (χ3v) is 4.04. The van der Waals surface area contributed by atoms with Gasteiger partial charge in [-0.05, 0) is 36.5 Å². The Morgan fingerprint density at radius 1 is 1.48 bits per heavy atom. The first-order valence-corrected chi connectivity index (χ1v) is 7.73. The molecule has 1 aliphatic carbocycles. The van der Waals surface area contributed by atoms with Gasteiger partial charge < -0.3 is 15.3 Å². The summed E-state index contributed by atoms with van der Waals surface area (Å²) >= 11 is 3.40. The Hall–Kier alpha value is -1.56. The number of halogens is 1. The van der Waals surface area contributed by atoms with Gasteiger partial charge in [0.2, 0.25) is 0 Å². The molecule has 2 rings (SSSR count). The van der Waals surface area contributed by atoms with Crippen LogP contribution in [0.3, 0.4) is 0 Å². The van der Waals surface area contributed by atoms with E-state index in [1.807, 2.05) is 24.3 Å². The highest BCUT2D eigenvalue weighted by atomic mass is 79.9. The molecule has 1 unspecified atom stereocenters. The molecule has 6 heteroatoms. The van der Waals surface area contributed by atoms with Crippen molar-refractivity contribution >= 4 is 27.9 Å². The Morgan fingerprint density at radius 3 is 2.76 bits per heavy atom. The molecule has 1 saturated carbocycles. The van der Waals surface area contributed by atoms with Crippen LogP contribution < -0.4 is 5.32 Å². The second kappa shape index (κ2) is 6.93. The molecule has 0 saturated heterocycles. The second-order valence-corrected chi connectivity index (χ2v) is 6.39. The van der Waals surface area contributed by atoms with Crippen LogP contribution in [0.5, 0.6) is 0 Å². The van der Waals surface area contributed by atoms with Crippen molar-refractivity contribution in [1.82, 2.24) is 10.2 Å². The molecule has 1 aromatic rings. The van der Waals surface area contributed by atoms with Crippen molar-refractivity contribution in [3.8, 4) is 0 Å². The van der Waals surface area contributed by atoms with Gasteiger partial charge in [-0.25, -0.2) is 4.79 Å². The minimum absolute atomic E-state index is 0.0128. The number of carboxylic acids is 1. The van der Waals surface area contributed by atoms with E-state index in [-0.39, 0.29) is 18.5 Å². The Bertz CT molecular complexity index is 531. The van der Waals surface area contributed by atoms with E-state index in [1.54, 1.807) is 11.9 Å². The van der Waals surface area contributed by atoms with E-state index in [9.17, 15) is 9.59 Å². The minimum atomic E-state index is -0.873. The largest absolute Gasteiger partial charge is 0.481 e. The molecule has 5 nitrogen and oxygen atoms in total. The predicted molar refractivity (Wildman–Crippen MR) is 82.9 cm³/mol. The number of nitrogens with one attached hydrogen (secondary N) is 1. The summed E-state index contributed by atoms with van der Waals surface area (Å²) in [6, 6.07) is 7.26. The highest BCUT2D eigenvalue weighted by Gasteiger charge is 2.34. The average Bonchev–Trinajstić information content (AvgIpc) is 3.21. The lowest BCUT2D eigenvalue weighted by Crippen LogP contribution is -2.44. The van der Waals surface area contributed by atoms with Gasteiger partial charge in [0.05, 0.1) is 6.42 Å². The molecular weight excluding hydrogens is 336 g/mol. The smallest absolute Gasteiger partial charge is 0.317 e. The number of benzene rings is 1. The Morgan fingerprint density at radius 2 is 2.19 bits per heavy atom. The van der Waals surface area contributed by atoms with Crippen molar-refractivity contribution in [2.24, 2.45) is 5.92 Å². The van der Waals surface area contributed by atoms with Gasteiger partial charge in [-0.15, -0.1) is 0 Å². The van der Waals surface area contributed by atoms with E-state index in [2.05, 4.69) is 21.2 Å². The van der Waals surface area contributed by atoms with Crippen LogP contribution in [0.2, 0.25) is 0 Å². The van der Waals surface area contributed by atoms with Gasteiger partial charge in [0.1, 0.15) is 0 Å². The standard InChI is InChI=1S/C15H19BrN2O3/c1-18(9-10-3-2-4-12(16)7-10)15(21)17-13(8-14(19)20)11-5-6-11/h2-4,7,11,13H,5-6,8-9H2,1H3,(H,17,21)(H,19,20). The van der Waals surface area contributed by atoms with E-state index in [1.165, 1.54) is 0 Å². The van der Waals surface area contributed by atoms with Crippen LogP contribution in [0.4, 0.5) is 4.79 Å². The molecule has 0 heterocycles. The molecule has 0 spiro atoms. The third-order valence-electron chi connectivity index (χ3n) is 3.55. The monoisotopic (exact) mass is 354 g/mol. The van der Waals surface area contributed by atoms with Crippen molar-refractivity contribution in [3.63, 3.8) is 0 Å². The highest BCUT2D eigenvalue weighted by molar-refractivity contribution is 9.10. The third kappa shape index (κ3) is 5.04. The number of hydrogen-bond donors (Lipinski definition) is 2. The molecule has 1 atom stereocenters. The Labute approximate surface area is 132 Å². The molecule has 114 valence electrons. The summed E-state index contributed by atoms with van der Waals surface area (Å²) in [6.45, 7) is 0.482. The number of rotatable bonds is 6. The summed E-state index contributed by atoms with van der Waals surface area (Å²) < 4.78 is 0.968. The van der Waals surface area contributed by atoms with Crippen molar-refractivity contribution in [2.75, 3.05) is 7.05 Å². The SMILES string of the molecule is CN(Cc1cccc(Br)c1)C(=O)NC(CC(=O)O)C1CC1. The topological polar surface area (TPSA) is 69.6 Å². The summed E-state index contributed by atoms with van der Waals surface area (Å²) in [6.07, 6.45) is 1.97. The quantitative estimate of drug-likeness (QED) is 0.825. The van der Waals surface area contributed by atoms with Crippen LogP contribution >= 0.6 is 15.9 Å². The Balaban J connectivity index is 1.90. The van der Waals surface area contributed by atoms with Crippen LogP contribution in [-0.4, -0.2) is 35.1 Å². The fourth-order valence-electron chi connectivity index (χ4n) is 2.27. The van der Waals surface area contributed by atoms with E-state index in [4.69, 9.17) is 5.11 Å². The number of amides is 2. The number of aliphatic carboxylic acids is 1. The molecule has 1 aliphatic rings. The maximum atomic E-state index is 12.2. The van der Waals surface area contributed by atoms with Gasteiger partial charge in [0.25, 0.3) is 0 Å². The fourth-order valence-corrected chi connectivity index (χ4v) is 2.72. The van der Waals surface area contributed by atoms with Crippen LogP contribution in [0.1, 0.15) is 24.8 Å². The summed E-state index contributed by atoms with van der Waals surface area (Å²) in [5, 5.41) is 11.7. The van der Waals surface area contributed by atoms with Crippen LogP contribution in [0.15, 0.2) is 28.7 Å². The number of nitrogens with zero attached hydrogens (tertiary/aromatic N) is 1. The number of carbonyl (C=O) groups is 2. The van der Waals surface area contributed by atoms with Crippen LogP contribution in [0, 0.1) is 5.92 Å². The molecule has 0 aromatic heterocycles. The van der Waals surface area contributed by atoms with Crippen molar-refractivity contribution in [2.45, 2.75) is 31.8 Å². The highest BCUT2D eigenvalue weighted by Crippen LogP contribution is 2.34. The predicted octanol–water partition coefficient (Wildman–Crippen LogP) is 2.84. The van der Waals surface area contributed by atoms with Gasteiger partial charge in [-0.3, -0.25) is 4.79 Å². The van der Waals surface area contributed by atoms with Gasteiger partial charge in [0.15, 0.2) is 0 Å².